The lowest BCUT2D eigenvalue weighted by molar-refractivity contribution is -0.161. The summed E-state index contributed by atoms with van der Waals surface area (Å²) in [6.45, 7) is 2.37. The van der Waals surface area contributed by atoms with Crippen LogP contribution in [0.2, 0.25) is 0 Å². The van der Waals surface area contributed by atoms with Crippen molar-refractivity contribution in [2.45, 2.75) is 360 Å². The maximum atomic E-state index is 13.0. The highest BCUT2D eigenvalue weighted by molar-refractivity contribution is 7.47. The third-order valence-corrected chi connectivity index (χ3v) is 19.8. The van der Waals surface area contributed by atoms with Crippen molar-refractivity contribution >= 4 is 33.6 Å². The fourth-order valence-corrected chi connectivity index (χ4v) is 13.0. The third-order valence-electron chi connectivity index (χ3n) is 17.9. The van der Waals surface area contributed by atoms with Crippen LogP contribution in [-0.2, 0) is 55.8 Å². The lowest BCUT2D eigenvalue weighted by Gasteiger charge is -2.21. The monoisotopic (exact) mass is 1590 g/mol. The summed E-state index contributed by atoms with van der Waals surface area (Å²) >= 11 is 0. The molecule has 0 fully saturated rings. The fourth-order valence-electron chi connectivity index (χ4n) is 11.4. The Bertz CT molecular complexity index is 2700. The molecule has 5 unspecified atom stereocenters. The van der Waals surface area contributed by atoms with E-state index in [1.165, 1.54) is 96.3 Å². The largest absolute Gasteiger partial charge is 0.472 e. The second kappa shape index (κ2) is 84.3. The van der Waals surface area contributed by atoms with E-state index in [-0.39, 0.29) is 19.3 Å². The zero-order chi connectivity index (χ0) is 80.8. The van der Waals surface area contributed by atoms with Crippen LogP contribution < -0.4 is 0 Å². The van der Waals surface area contributed by atoms with E-state index in [9.17, 15) is 43.5 Å². The number of hydrogen-bond acceptors (Lipinski definition) is 14. The summed E-state index contributed by atoms with van der Waals surface area (Å²) < 4.78 is 61.2. The molecule has 0 bridgehead atoms. The summed E-state index contributed by atoms with van der Waals surface area (Å²) in [6.07, 6.45) is 108. The zero-order valence-corrected chi connectivity index (χ0v) is 71.4. The van der Waals surface area contributed by atoms with Gasteiger partial charge in [0, 0.05) is 19.3 Å². The Hall–Kier alpha value is -5.09. The Morgan fingerprint density at radius 3 is 0.757 bits per heavy atom. The first kappa shape index (κ1) is 106. The van der Waals surface area contributed by atoms with E-state index < -0.39 is 91.5 Å². The van der Waals surface area contributed by atoms with Crippen LogP contribution in [0.3, 0.4) is 0 Å². The standard InChI is InChI=1S/C93H156O16P2/c1-4-7-10-13-16-19-22-25-27-29-31-33-35-37-39-40-41-42-43-44-45-46-48-50-51-53-55-57-59-62-64-67-70-73-76-79-91(96)103-82-88(94)83-105-110(99,100)106-84-89(95)85-107-111(101,102)108-87-90(109-93(98)81-78-75-72-69-66-61-24-21-18-15-12-9-6-3)86-104-92(97)80-77-74-71-68-65-63-60-58-56-54-52-49-47-38-36-34-32-30-28-26-23-20-17-14-11-8-5-2/h7-8,10-12,15-17,19-21,24-28,31-34,37-39,41-42,47,52,54,88-90,94-95H,4-6,9,13-14,18,22-23,29-30,35-36,40,43-46,48-51,53,55-87H2,1-3H3,(H,99,100)(H,101,102)/b10-7-,11-8-,15-12-,19-16-,20-17-,24-21-,27-25-,28-26-,33-31-,34-32-,39-37-,42-41-,47-38-,54-52-. The summed E-state index contributed by atoms with van der Waals surface area (Å²) in [4.78, 5) is 58.7. The van der Waals surface area contributed by atoms with Crippen LogP contribution in [0.15, 0.2) is 170 Å². The Balaban J connectivity index is 4.42. The molecule has 111 heavy (non-hydrogen) atoms. The number of phosphoric ester groups is 2. The molecule has 0 radical (unpaired) electrons. The first-order valence-corrected chi connectivity index (χ1v) is 46.4. The van der Waals surface area contributed by atoms with Crippen LogP contribution in [-0.4, -0.2) is 95.9 Å². The average Bonchev–Trinajstić information content (AvgIpc) is 0.903. The number of phosphoric acid groups is 2. The van der Waals surface area contributed by atoms with Crippen LogP contribution in [0.5, 0.6) is 0 Å². The predicted octanol–water partition coefficient (Wildman–Crippen LogP) is 26.3. The van der Waals surface area contributed by atoms with Crippen molar-refractivity contribution < 1.29 is 75.8 Å². The Labute approximate surface area is 675 Å². The van der Waals surface area contributed by atoms with Gasteiger partial charge >= 0.3 is 33.6 Å². The van der Waals surface area contributed by atoms with Crippen molar-refractivity contribution in [3.63, 3.8) is 0 Å². The molecule has 0 aromatic heterocycles. The molecule has 0 spiro atoms. The van der Waals surface area contributed by atoms with Gasteiger partial charge in [-0.3, -0.25) is 32.5 Å². The van der Waals surface area contributed by atoms with Gasteiger partial charge in [-0.1, -0.05) is 345 Å². The van der Waals surface area contributed by atoms with Crippen molar-refractivity contribution in [2.24, 2.45) is 0 Å². The lowest BCUT2D eigenvalue weighted by atomic mass is 10.0. The normalized spacial score (nSPS) is 14.7. The number of esters is 3. The number of hydrogen-bond donors (Lipinski definition) is 4. The van der Waals surface area contributed by atoms with Crippen LogP contribution in [0.1, 0.15) is 342 Å². The van der Waals surface area contributed by atoms with Gasteiger partial charge in [0.1, 0.15) is 25.4 Å². The summed E-state index contributed by atoms with van der Waals surface area (Å²) in [5.41, 5.74) is 0. The highest BCUT2D eigenvalue weighted by Crippen LogP contribution is 2.45. The van der Waals surface area contributed by atoms with Gasteiger partial charge in [0.2, 0.25) is 0 Å². The molecule has 0 rings (SSSR count). The molecule has 5 atom stereocenters. The van der Waals surface area contributed by atoms with Crippen LogP contribution in [0, 0.1) is 0 Å². The number of aliphatic hydroxyl groups excluding tert-OH is 2. The lowest BCUT2D eigenvalue weighted by Crippen LogP contribution is -2.30. The van der Waals surface area contributed by atoms with Gasteiger partial charge in [0.15, 0.2) is 6.10 Å². The first-order chi connectivity index (χ1) is 54.2. The molecule has 4 N–H and O–H groups in total. The molecular formula is C93H156O16P2. The van der Waals surface area contributed by atoms with Gasteiger partial charge < -0.3 is 34.2 Å². The van der Waals surface area contributed by atoms with Gasteiger partial charge in [-0.15, -0.1) is 0 Å². The molecule has 634 valence electrons. The summed E-state index contributed by atoms with van der Waals surface area (Å²) in [6, 6.07) is 0. The van der Waals surface area contributed by atoms with E-state index in [1.807, 2.05) is 0 Å². The molecule has 16 nitrogen and oxygen atoms in total. The van der Waals surface area contributed by atoms with E-state index in [0.29, 0.717) is 19.3 Å². The maximum Gasteiger partial charge on any atom is 0.472 e. The van der Waals surface area contributed by atoms with E-state index >= 15 is 0 Å². The highest BCUT2D eigenvalue weighted by Gasteiger charge is 2.29. The maximum absolute atomic E-state index is 13.0. The molecule has 0 saturated carbocycles. The highest BCUT2D eigenvalue weighted by atomic mass is 31.2. The van der Waals surface area contributed by atoms with Gasteiger partial charge in [-0.25, -0.2) is 9.13 Å². The minimum atomic E-state index is -4.94. The molecule has 0 aromatic rings. The number of carbonyl (C=O) groups is 3. The summed E-state index contributed by atoms with van der Waals surface area (Å²) in [7, 11) is -9.81. The van der Waals surface area contributed by atoms with Gasteiger partial charge in [-0.05, 0) is 148 Å². The number of ether oxygens (including phenoxy) is 3. The third kappa shape index (κ3) is 85.6. The number of unbranched alkanes of at least 4 members (excludes halogenated alkanes) is 30. The smallest absolute Gasteiger partial charge is 0.463 e. The number of rotatable bonds is 81. The second-order valence-corrected chi connectivity index (χ2v) is 31.5. The van der Waals surface area contributed by atoms with E-state index in [4.69, 9.17) is 32.3 Å². The molecule has 0 aliphatic carbocycles. The van der Waals surface area contributed by atoms with Crippen molar-refractivity contribution in [1.29, 1.82) is 0 Å². The molecule has 18 heteroatoms. The number of aliphatic hydroxyl groups is 2. The van der Waals surface area contributed by atoms with Crippen LogP contribution in [0.25, 0.3) is 0 Å². The molecule has 0 saturated heterocycles. The summed E-state index contributed by atoms with van der Waals surface area (Å²) in [5.74, 6) is -1.60. The number of carbonyl (C=O) groups excluding carboxylic acids is 3. The number of allylic oxidation sites excluding steroid dienone is 28. The minimum Gasteiger partial charge on any atom is -0.463 e. The van der Waals surface area contributed by atoms with E-state index in [1.54, 1.807) is 0 Å². The van der Waals surface area contributed by atoms with Crippen molar-refractivity contribution in [2.75, 3.05) is 39.6 Å². The minimum absolute atomic E-state index is 0.0824. The molecule has 0 aromatic carbocycles. The van der Waals surface area contributed by atoms with Crippen molar-refractivity contribution in [3.8, 4) is 0 Å². The Morgan fingerprint density at radius 2 is 0.477 bits per heavy atom. The fraction of sp³-hybridized carbons (Fsp3) is 0.667. The Kier molecular flexibility index (Phi) is 80.4. The van der Waals surface area contributed by atoms with Crippen LogP contribution >= 0.6 is 15.6 Å². The zero-order valence-electron chi connectivity index (χ0n) is 69.6. The van der Waals surface area contributed by atoms with Gasteiger partial charge in [-0.2, -0.15) is 0 Å². The SMILES string of the molecule is CC/C=C\C/C=C\C/C=C\C/C=C\C/C=C\C/C=C\CCCCCCCCCCCCCCCCCCC(=O)OCC(O)COP(=O)(O)OCC(O)COP(=O)(O)OCC(COC(=O)CCCCCCCCCC/C=C\C/C=C\C/C=C\C/C=C\C/C=C\C/C=C\CC)OC(=O)CCCCCCC/C=C\C/C=C\CCC. The molecule has 0 aliphatic heterocycles. The topological polar surface area (TPSA) is 231 Å². The first-order valence-electron chi connectivity index (χ1n) is 43.4. The molecular weight excluding hydrogens is 1430 g/mol. The van der Waals surface area contributed by atoms with Gasteiger partial charge in [0.05, 0.1) is 26.4 Å². The van der Waals surface area contributed by atoms with E-state index in [0.717, 1.165) is 186 Å². The van der Waals surface area contributed by atoms with Crippen molar-refractivity contribution in [1.82, 2.24) is 0 Å². The predicted molar refractivity (Wildman–Crippen MR) is 463 cm³/mol. The molecule has 0 amide bonds. The second-order valence-electron chi connectivity index (χ2n) is 28.6. The summed E-state index contributed by atoms with van der Waals surface area (Å²) in [5, 5.41) is 20.7. The van der Waals surface area contributed by atoms with E-state index in [2.05, 4.69) is 191 Å². The average molecular weight is 1590 g/mol. The molecule has 0 aliphatic rings. The Morgan fingerprint density at radius 1 is 0.261 bits per heavy atom. The molecule has 0 heterocycles. The van der Waals surface area contributed by atoms with Gasteiger partial charge in [0.25, 0.3) is 0 Å². The quantitative estimate of drug-likeness (QED) is 0.0146. The van der Waals surface area contributed by atoms with Crippen LogP contribution in [0.4, 0.5) is 0 Å². The van der Waals surface area contributed by atoms with Crippen molar-refractivity contribution in [3.05, 3.63) is 170 Å².